The lowest BCUT2D eigenvalue weighted by Crippen LogP contribution is -2.04. The lowest BCUT2D eigenvalue weighted by Gasteiger charge is -2.07. The average Bonchev–Trinajstić information content (AvgIpc) is 2.08. The summed E-state index contributed by atoms with van der Waals surface area (Å²) in [5.74, 6) is -1.47. The SMILES string of the molecule is CC(=O)c1cc(F)c(N)cc1C(F)F. The number of carbonyl (C=O) groups is 1. The molecule has 0 aliphatic heterocycles. The van der Waals surface area contributed by atoms with Crippen molar-refractivity contribution in [1.29, 1.82) is 0 Å². The van der Waals surface area contributed by atoms with Gasteiger partial charge in [0.25, 0.3) is 6.43 Å². The first kappa shape index (κ1) is 10.6. The van der Waals surface area contributed by atoms with E-state index in [1.165, 1.54) is 0 Å². The predicted molar refractivity (Wildman–Crippen MR) is 45.8 cm³/mol. The number of ketones is 1. The molecule has 0 saturated heterocycles. The maximum atomic E-state index is 12.9. The maximum absolute atomic E-state index is 12.9. The summed E-state index contributed by atoms with van der Waals surface area (Å²) in [7, 11) is 0. The Kier molecular flexibility index (Phi) is 2.78. The van der Waals surface area contributed by atoms with E-state index in [4.69, 9.17) is 5.73 Å². The molecule has 0 heterocycles. The highest BCUT2D eigenvalue weighted by Crippen LogP contribution is 2.27. The Morgan fingerprint density at radius 1 is 1.43 bits per heavy atom. The zero-order chi connectivity index (χ0) is 10.9. The standard InChI is InChI=1S/C9H8F3NO/c1-4(14)5-2-7(10)8(13)3-6(5)9(11)12/h2-3,9H,13H2,1H3. The van der Waals surface area contributed by atoms with Gasteiger partial charge in [0.15, 0.2) is 5.78 Å². The fraction of sp³-hybridized carbons (Fsp3) is 0.222. The molecule has 14 heavy (non-hydrogen) atoms. The first-order valence-electron chi connectivity index (χ1n) is 3.81. The molecule has 2 N–H and O–H groups in total. The normalized spacial score (nSPS) is 10.6. The summed E-state index contributed by atoms with van der Waals surface area (Å²) in [6.07, 6.45) is -2.84. The van der Waals surface area contributed by atoms with Gasteiger partial charge in [0.1, 0.15) is 5.82 Å². The van der Waals surface area contributed by atoms with Crippen LogP contribution >= 0.6 is 0 Å². The molecule has 0 unspecified atom stereocenters. The Morgan fingerprint density at radius 2 is 2.00 bits per heavy atom. The Bertz CT molecular complexity index is 377. The van der Waals surface area contributed by atoms with Crippen LogP contribution in [-0.2, 0) is 0 Å². The molecule has 0 aliphatic carbocycles. The largest absolute Gasteiger partial charge is 0.396 e. The van der Waals surface area contributed by atoms with Gasteiger partial charge in [-0.25, -0.2) is 13.2 Å². The third-order valence-corrected chi connectivity index (χ3v) is 1.78. The van der Waals surface area contributed by atoms with E-state index in [0.29, 0.717) is 0 Å². The number of nitrogens with two attached hydrogens (primary N) is 1. The van der Waals surface area contributed by atoms with Crippen molar-refractivity contribution in [2.24, 2.45) is 0 Å². The van der Waals surface area contributed by atoms with E-state index in [-0.39, 0.29) is 11.3 Å². The van der Waals surface area contributed by atoms with E-state index >= 15 is 0 Å². The zero-order valence-electron chi connectivity index (χ0n) is 7.35. The van der Waals surface area contributed by atoms with Crippen LogP contribution in [0.2, 0.25) is 0 Å². The van der Waals surface area contributed by atoms with Crippen LogP contribution in [0.15, 0.2) is 12.1 Å². The summed E-state index contributed by atoms with van der Waals surface area (Å²) < 4.78 is 37.6. The molecule has 2 nitrogen and oxygen atoms in total. The molecule has 1 aromatic rings. The second kappa shape index (κ2) is 3.69. The number of anilines is 1. The van der Waals surface area contributed by atoms with Gasteiger partial charge in [-0.1, -0.05) is 0 Å². The van der Waals surface area contributed by atoms with Crippen LogP contribution in [0, 0.1) is 5.82 Å². The summed E-state index contributed by atoms with van der Waals surface area (Å²) in [6, 6.07) is 1.52. The topological polar surface area (TPSA) is 43.1 Å². The monoisotopic (exact) mass is 203 g/mol. The summed E-state index contributed by atoms with van der Waals surface area (Å²) in [4.78, 5) is 10.9. The van der Waals surface area contributed by atoms with E-state index in [0.717, 1.165) is 19.1 Å². The third-order valence-electron chi connectivity index (χ3n) is 1.78. The number of benzene rings is 1. The molecule has 0 aromatic heterocycles. The zero-order valence-corrected chi connectivity index (χ0v) is 7.35. The molecule has 0 atom stereocenters. The third kappa shape index (κ3) is 1.86. The number of alkyl halides is 2. The number of hydrogen-bond acceptors (Lipinski definition) is 2. The smallest absolute Gasteiger partial charge is 0.264 e. The second-order valence-corrected chi connectivity index (χ2v) is 2.82. The fourth-order valence-corrected chi connectivity index (χ4v) is 1.09. The van der Waals surface area contributed by atoms with Gasteiger partial charge in [-0.3, -0.25) is 4.79 Å². The van der Waals surface area contributed by atoms with Gasteiger partial charge in [-0.2, -0.15) is 0 Å². The van der Waals surface area contributed by atoms with Crippen molar-refractivity contribution in [3.8, 4) is 0 Å². The highest BCUT2D eigenvalue weighted by atomic mass is 19.3. The number of rotatable bonds is 2. The lowest BCUT2D eigenvalue weighted by molar-refractivity contribution is 0.0998. The van der Waals surface area contributed by atoms with E-state index in [1.54, 1.807) is 0 Å². The van der Waals surface area contributed by atoms with Gasteiger partial charge in [-0.05, 0) is 19.1 Å². The first-order valence-corrected chi connectivity index (χ1v) is 3.81. The van der Waals surface area contributed by atoms with Gasteiger partial charge in [-0.15, -0.1) is 0 Å². The van der Waals surface area contributed by atoms with Gasteiger partial charge in [0, 0.05) is 11.1 Å². The molecule has 0 aliphatic rings. The summed E-state index contributed by atoms with van der Waals surface area (Å²) in [5, 5.41) is 0. The minimum absolute atomic E-state index is 0.327. The van der Waals surface area contributed by atoms with Crippen molar-refractivity contribution in [1.82, 2.24) is 0 Å². The fourth-order valence-electron chi connectivity index (χ4n) is 1.09. The summed E-state index contributed by atoms with van der Waals surface area (Å²) >= 11 is 0. The van der Waals surface area contributed by atoms with Crippen molar-refractivity contribution in [3.05, 3.63) is 29.1 Å². The van der Waals surface area contributed by atoms with Crippen LogP contribution in [0.5, 0.6) is 0 Å². The summed E-state index contributed by atoms with van der Waals surface area (Å²) in [5.41, 5.74) is 3.87. The van der Waals surface area contributed by atoms with E-state index in [9.17, 15) is 18.0 Å². The molecule has 5 heteroatoms. The molecule has 0 fully saturated rings. The van der Waals surface area contributed by atoms with Crippen molar-refractivity contribution in [2.45, 2.75) is 13.3 Å². The van der Waals surface area contributed by atoms with E-state index in [1.807, 2.05) is 0 Å². The average molecular weight is 203 g/mol. The number of halogens is 3. The van der Waals surface area contributed by atoms with Crippen LogP contribution in [0.4, 0.5) is 18.9 Å². The van der Waals surface area contributed by atoms with Crippen LogP contribution in [0.3, 0.4) is 0 Å². The number of hydrogen-bond donors (Lipinski definition) is 1. The van der Waals surface area contributed by atoms with Gasteiger partial charge in [0.2, 0.25) is 0 Å². The number of nitrogen functional groups attached to an aromatic ring is 1. The maximum Gasteiger partial charge on any atom is 0.264 e. The van der Waals surface area contributed by atoms with Crippen molar-refractivity contribution in [2.75, 3.05) is 5.73 Å². The minimum atomic E-state index is -2.84. The first-order chi connectivity index (χ1) is 6.43. The number of Topliss-reactive ketones (excluding diaryl/α,β-unsaturated/α-hetero) is 1. The van der Waals surface area contributed by atoms with Crippen LogP contribution in [0.1, 0.15) is 29.3 Å². The molecule has 0 radical (unpaired) electrons. The van der Waals surface area contributed by atoms with Gasteiger partial charge >= 0.3 is 0 Å². The van der Waals surface area contributed by atoms with Gasteiger partial charge in [0.05, 0.1) is 5.69 Å². The minimum Gasteiger partial charge on any atom is -0.396 e. The number of carbonyl (C=O) groups excluding carboxylic acids is 1. The Balaban J connectivity index is 3.39. The van der Waals surface area contributed by atoms with Gasteiger partial charge < -0.3 is 5.73 Å². The Morgan fingerprint density at radius 3 is 2.43 bits per heavy atom. The van der Waals surface area contributed by atoms with E-state index < -0.39 is 23.6 Å². The molecule has 0 spiro atoms. The Hall–Kier alpha value is -1.52. The molecule has 0 saturated carbocycles. The van der Waals surface area contributed by atoms with Crippen molar-refractivity contribution in [3.63, 3.8) is 0 Å². The van der Waals surface area contributed by atoms with Crippen molar-refractivity contribution >= 4 is 11.5 Å². The molecule has 1 rings (SSSR count). The van der Waals surface area contributed by atoms with Crippen LogP contribution in [-0.4, -0.2) is 5.78 Å². The summed E-state index contributed by atoms with van der Waals surface area (Å²) in [6.45, 7) is 1.09. The van der Waals surface area contributed by atoms with Crippen molar-refractivity contribution < 1.29 is 18.0 Å². The quantitative estimate of drug-likeness (QED) is 0.592. The van der Waals surface area contributed by atoms with Crippen LogP contribution in [0.25, 0.3) is 0 Å². The molecular weight excluding hydrogens is 195 g/mol. The van der Waals surface area contributed by atoms with E-state index in [2.05, 4.69) is 0 Å². The second-order valence-electron chi connectivity index (χ2n) is 2.82. The van der Waals surface area contributed by atoms with Crippen LogP contribution < -0.4 is 5.73 Å². The Labute approximate surface area is 78.5 Å². The lowest BCUT2D eigenvalue weighted by atomic mass is 10.0. The molecule has 0 amide bonds. The molecule has 0 bridgehead atoms. The highest BCUT2D eigenvalue weighted by Gasteiger charge is 2.18. The predicted octanol–water partition coefficient (Wildman–Crippen LogP) is 2.55. The molecule has 76 valence electrons. The molecular formula is C9H8F3NO. The highest BCUT2D eigenvalue weighted by molar-refractivity contribution is 5.96. The molecule has 1 aromatic carbocycles.